The van der Waals surface area contributed by atoms with Gasteiger partial charge in [-0.1, -0.05) is 0 Å². The van der Waals surface area contributed by atoms with Crippen LogP contribution in [0.5, 0.6) is 0 Å². The predicted octanol–water partition coefficient (Wildman–Crippen LogP) is -0.382. The maximum Gasteiger partial charge on any atom is 0.285 e. The predicted molar refractivity (Wildman–Crippen MR) is 43.0 cm³/mol. The summed E-state index contributed by atoms with van der Waals surface area (Å²) in [5, 5.41) is 6.27. The van der Waals surface area contributed by atoms with Crippen molar-refractivity contribution in [3.63, 3.8) is 0 Å². The van der Waals surface area contributed by atoms with Crippen molar-refractivity contribution in [3.8, 4) is 0 Å². The van der Waals surface area contributed by atoms with Crippen molar-refractivity contribution in [2.75, 3.05) is 0 Å². The summed E-state index contributed by atoms with van der Waals surface area (Å²) in [6.07, 6.45) is 0. The third-order valence-corrected chi connectivity index (χ3v) is 1.46. The van der Waals surface area contributed by atoms with E-state index < -0.39 is 0 Å². The molecule has 0 aliphatic carbocycles. The number of rotatable bonds is 1. The molecule has 1 rings (SSSR count). The fraction of sp³-hybridized carbons (Fsp3) is 0. The van der Waals surface area contributed by atoms with Gasteiger partial charge in [-0.15, -0.1) is 0 Å². The van der Waals surface area contributed by atoms with Gasteiger partial charge in [-0.2, -0.15) is 5.10 Å². The smallest absolute Gasteiger partial charge is 0.285 e. The first kappa shape index (κ1) is 7.48. The van der Waals surface area contributed by atoms with E-state index in [9.17, 15) is 4.79 Å². The molecule has 0 aliphatic heterocycles. The van der Waals surface area contributed by atoms with Crippen LogP contribution in [0.3, 0.4) is 0 Å². The van der Waals surface area contributed by atoms with Gasteiger partial charge in [-0.25, -0.2) is 5.84 Å². The second kappa shape index (κ2) is 2.97. The summed E-state index contributed by atoms with van der Waals surface area (Å²) in [4.78, 5) is 10.7. The number of carbonyl (C=O) groups excluding carboxylic acids is 1. The van der Waals surface area contributed by atoms with Crippen LogP contribution in [-0.2, 0) is 0 Å². The average molecular weight is 252 g/mol. The summed E-state index contributed by atoms with van der Waals surface area (Å²) in [5.74, 6) is 4.47. The van der Waals surface area contributed by atoms with Gasteiger partial charge >= 0.3 is 0 Å². The van der Waals surface area contributed by atoms with Crippen molar-refractivity contribution in [3.05, 3.63) is 15.5 Å². The lowest BCUT2D eigenvalue weighted by Gasteiger charge is -1.89. The molecule has 1 aromatic rings. The van der Waals surface area contributed by atoms with E-state index in [0.717, 1.165) is 3.70 Å². The number of carbonyl (C=O) groups is 1. The Kier molecular flexibility index (Phi) is 2.22. The van der Waals surface area contributed by atoms with Gasteiger partial charge in [-0.3, -0.25) is 15.3 Å². The molecule has 10 heavy (non-hydrogen) atoms. The van der Waals surface area contributed by atoms with E-state index in [1.165, 1.54) is 0 Å². The van der Waals surface area contributed by atoms with Crippen molar-refractivity contribution in [2.24, 2.45) is 5.84 Å². The van der Waals surface area contributed by atoms with Crippen LogP contribution >= 0.6 is 22.6 Å². The fourth-order valence-corrected chi connectivity index (χ4v) is 0.904. The highest BCUT2D eigenvalue weighted by molar-refractivity contribution is 14.1. The number of hydrogen-bond donors (Lipinski definition) is 3. The molecular formula is C4H5IN4O. The number of nitrogens with one attached hydrogen (secondary N) is 2. The first-order valence-corrected chi connectivity index (χ1v) is 3.54. The summed E-state index contributed by atoms with van der Waals surface area (Å²) in [6, 6.07) is 1.60. The molecule has 0 saturated heterocycles. The van der Waals surface area contributed by atoms with Crippen LogP contribution in [0, 0.1) is 3.70 Å². The van der Waals surface area contributed by atoms with Crippen molar-refractivity contribution in [1.29, 1.82) is 0 Å². The number of nitrogen functional groups attached to an aromatic ring is 1. The highest BCUT2D eigenvalue weighted by Gasteiger charge is 2.05. The standard InChI is InChI=1S/C4H5IN4O/c5-3-1-2(8-9-3)4(10)7-6/h1H,6H2,(H,7,10)(H,8,9). The molecule has 0 radical (unpaired) electrons. The second-order valence-corrected chi connectivity index (χ2v) is 2.74. The maximum absolute atomic E-state index is 10.7. The Hall–Kier alpha value is -0.630. The van der Waals surface area contributed by atoms with Gasteiger partial charge in [0.15, 0.2) is 5.69 Å². The monoisotopic (exact) mass is 252 g/mol. The van der Waals surface area contributed by atoms with E-state index in [1.54, 1.807) is 6.07 Å². The molecule has 0 atom stereocenters. The molecule has 0 bridgehead atoms. The SMILES string of the molecule is NNC(=O)c1cc(I)[nH]n1. The molecule has 0 unspecified atom stereocenters. The van der Waals surface area contributed by atoms with Crippen molar-refractivity contribution >= 4 is 28.5 Å². The first-order valence-electron chi connectivity index (χ1n) is 2.46. The Morgan fingerprint density at radius 1 is 1.90 bits per heavy atom. The summed E-state index contributed by atoms with van der Waals surface area (Å²) < 4.78 is 0.802. The Bertz CT molecular complexity index is 245. The number of hydrazine groups is 1. The van der Waals surface area contributed by atoms with Crippen LogP contribution < -0.4 is 11.3 Å². The van der Waals surface area contributed by atoms with Gasteiger partial charge in [0.2, 0.25) is 0 Å². The normalized spacial score (nSPS) is 9.40. The van der Waals surface area contributed by atoms with Gasteiger partial charge < -0.3 is 0 Å². The molecule has 6 heteroatoms. The fourth-order valence-electron chi connectivity index (χ4n) is 0.488. The van der Waals surface area contributed by atoms with E-state index in [2.05, 4.69) is 10.2 Å². The molecule has 1 amide bonds. The van der Waals surface area contributed by atoms with Gasteiger partial charge in [-0.05, 0) is 22.6 Å². The Morgan fingerprint density at radius 2 is 2.60 bits per heavy atom. The Labute approximate surface area is 70.5 Å². The zero-order valence-corrected chi connectivity index (χ0v) is 7.05. The number of H-pyrrole nitrogens is 1. The summed E-state index contributed by atoms with van der Waals surface area (Å²) in [6.45, 7) is 0. The van der Waals surface area contributed by atoms with E-state index in [1.807, 2.05) is 28.0 Å². The van der Waals surface area contributed by atoms with Crippen molar-refractivity contribution in [1.82, 2.24) is 15.6 Å². The molecule has 0 fully saturated rings. The molecular weight excluding hydrogens is 247 g/mol. The number of hydrogen-bond acceptors (Lipinski definition) is 3. The van der Waals surface area contributed by atoms with E-state index >= 15 is 0 Å². The molecule has 1 heterocycles. The lowest BCUT2D eigenvalue weighted by Crippen LogP contribution is -2.30. The van der Waals surface area contributed by atoms with Crippen LogP contribution in [0.4, 0.5) is 0 Å². The molecule has 0 aliphatic rings. The number of aromatic amines is 1. The highest BCUT2D eigenvalue weighted by Crippen LogP contribution is 2.01. The quantitative estimate of drug-likeness (QED) is 0.275. The molecule has 54 valence electrons. The van der Waals surface area contributed by atoms with Gasteiger partial charge in [0.1, 0.15) is 0 Å². The number of nitrogens with two attached hydrogens (primary N) is 1. The van der Waals surface area contributed by atoms with Crippen LogP contribution in [0.2, 0.25) is 0 Å². The maximum atomic E-state index is 10.7. The number of aromatic nitrogens is 2. The van der Waals surface area contributed by atoms with E-state index in [0.29, 0.717) is 5.69 Å². The zero-order chi connectivity index (χ0) is 7.56. The number of nitrogens with zero attached hydrogens (tertiary/aromatic N) is 1. The summed E-state index contributed by atoms with van der Waals surface area (Å²) in [5.41, 5.74) is 2.27. The zero-order valence-electron chi connectivity index (χ0n) is 4.89. The van der Waals surface area contributed by atoms with Gasteiger partial charge in [0.25, 0.3) is 5.91 Å². The van der Waals surface area contributed by atoms with E-state index in [4.69, 9.17) is 5.84 Å². The van der Waals surface area contributed by atoms with Crippen molar-refractivity contribution in [2.45, 2.75) is 0 Å². The topological polar surface area (TPSA) is 83.8 Å². The van der Waals surface area contributed by atoms with Crippen molar-refractivity contribution < 1.29 is 4.79 Å². The largest absolute Gasteiger partial charge is 0.289 e. The highest BCUT2D eigenvalue weighted by atomic mass is 127. The van der Waals surface area contributed by atoms with Crippen LogP contribution in [0.15, 0.2) is 6.07 Å². The molecule has 0 saturated carbocycles. The Balaban J connectivity index is 2.85. The van der Waals surface area contributed by atoms with E-state index in [-0.39, 0.29) is 5.91 Å². The summed E-state index contributed by atoms with van der Waals surface area (Å²) >= 11 is 2.01. The lowest BCUT2D eigenvalue weighted by molar-refractivity contribution is 0.0948. The van der Waals surface area contributed by atoms with Gasteiger partial charge in [0.05, 0.1) is 3.70 Å². The van der Waals surface area contributed by atoms with Crippen LogP contribution in [0.1, 0.15) is 10.5 Å². The third kappa shape index (κ3) is 1.45. The summed E-state index contributed by atoms with van der Waals surface area (Å²) in [7, 11) is 0. The molecule has 0 spiro atoms. The molecule has 5 nitrogen and oxygen atoms in total. The minimum absolute atomic E-state index is 0.298. The average Bonchev–Trinajstić information content (AvgIpc) is 2.34. The molecule has 0 aromatic carbocycles. The minimum atomic E-state index is -0.390. The molecule has 4 N–H and O–H groups in total. The molecule has 1 aromatic heterocycles. The second-order valence-electron chi connectivity index (χ2n) is 1.57. The number of amides is 1. The first-order chi connectivity index (χ1) is 4.74. The Morgan fingerprint density at radius 3 is 3.00 bits per heavy atom. The van der Waals surface area contributed by atoms with Crippen LogP contribution in [-0.4, -0.2) is 16.1 Å². The van der Waals surface area contributed by atoms with Gasteiger partial charge in [0, 0.05) is 6.07 Å². The van der Waals surface area contributed by atoms with Crippen LogP contribution in [0.25, 0.3) is 0 Å². The minimum Gasteiger partial charge on any atom is -0.289 e. The number of halogens is 1. The third-order valence-electron chi connectivity index (χ3n) is 0.910. The lowest BCUT2D eigenvalue weighted by atomic mass is 10.4.